The summed E-state index contributed by atoms with van der Waals surface area (Å²) in [5.41, 5.74) is 0.645. The fraction of sp³-hybridized carbons (Fsp3) is 0.0833. The number of carboxylic acid groups (broad SMARTS) is 1. The molecule has 0 radical (unpaired) electrons. The van der Waals surface area contributed by atoms with E-state index in [9.17, 15) is 15.0 Å². The number of aromatic hydroxyl groups is 1. The van der Waals surface area contributed by atoms with Crippen molar-refractivity contribution in [1.29, 1.82) is 0 Å². The molecule has 104 valence electrons. The van der Waals surface area contributed by atoms with Crippen molar-refractivity contribution in [3.8, 4) is 5.75 Å². The van der Waals surface area contributed by atoms with Crippen molar-refractivity contribution in [3.63, 3.8) is 0 Å². The first-order chi connectivity index (χ1) is 9.45. The molecule has 0 unspecified atom stereocenters. The van der Waals surface area contributed by atoms with E-state index in [0.29, 0.717) is 21.0 Å². The van der Waals surface area contributed by atoms with Gasteiger partial charge in [-0.05, 0) is 58.4 Å². The van der Waals surface area contributed by atoms with Gasteiger partial charge in [-0.2, -0.15) is 0 Å². The molecule has 0 atom stereocenters. The monoisotopic (exact) mass is 355 g/mol. The maximum absolute atomic E-state index is 11.3. The first-order valence-electron chi connectivity index (χ1n) is 5.46. The Morgan fingerprint density at radius 2 is 2.25 bits per heavy atom. The smallest absolute Gasteiger partial charge is 0.342 e. The van der Waals surface area contributed by atoms with E-state index in [4.69, 9.17) is 0 Å². The predicted molar refractivity (Wildman–Crippen MR) is 78.4 cm³/mol. The third kappa shape index (κ3) is 3.61. The summed E-state index contributed by atoms with van der Waals surface area (Å²) in [5, 5.41) is 25.5. The van der Waals surface area contributed by atoms with Crippen LogP contribution in [0.15, 0.2) is 32.7 Å². The van der Waals surface area contributed by atoms with Gasteiger partial charge in [-0.3, -0.25) is 5.10 Å². The Hall–Kier alpha value is -1.80. The molecule has 2 rings (SSSR count). The van der Waals surface area contributed by atoms with Crippen molar-refractivity contribution in [2.45, 2.75) is 12.1 Å². The molecular formula is C12H10BrN3O3S. The fourth-order valence-electron chi connectivity index (χ4n) is 1.37. The van der Waals surface area contributed by atoms with Crippen LogP contribution >= 0.6 is 27.7 Å². The normalized spacial score (nSPS) is 11.6. The van der Waals surface area contributed by atoms with Crippen LogP contribution in [0.3, 0.4) is 0 Å². The minimum atomic E-state index is -1.07. The third-order valence-corrected chi connectivity index (χ3v) is 3.77. The highest BCUT2D eigenvalue weighted by molar-refractivity contribution is 9.10. The Balaban J connectivity index is 2.29. The van der Waals surface area contributed by atoms with E-state index >= 15 is 0 Å². The number of H-pyrrole nitrogens is 1. The number of carbonyl (C=O) groups is 1. The fourth-order valence-corrected chi connectivity index (χ4v) is 2.51. The number of hydrogen-bond donors (Lipinski definition) is 3. The SMILES string of the molecule is Cc1nc(S/C(=C\c2ccc(O)c(Br)c2)C(=O)O)n[nH]1. The number of carboxylic acids is 1. The molecule has 0 bridgehead atoms. The van der Waals surface area contributed by atoms with E-state index in [-0.39, 0.29) is 10.7 Å². The molecule has 0 saturated heterocycles. The number of halogens is 1. The van der Waals surface area contributed by atoms with Crippen LogP contribution in [0, 0.1) is 6.92 Å². The summed E-state index contributed by atoms with van der Waals surface area (Å²) in [6.07, 6.45) is 1.49. The molecule has 1 aromatic carbocycles. The summed E-state index contributed by atoms with van der Waals surface area (Å²) in [5.74, 6) is -0.359. The van der Waals surface area contributed by atoms with E-state index in [1.807, 2.05) is 0 Å². The second-order valence-corrected chi connectivity index (χ2v) is 5.69. The molecule has 1 aromatic heterocycles. The average molecular weight is 356 g/mol. The molecule has 1 heterocycles. The summed E-state index contributed by atoms with van der Waals surface area (Å²) < 4.78 is 0.495. The van der Waals surface area contributed by atoms with Crippen LogP contribution in [-0.4, -0.2) is 31.4 Å². The van der Waals surface area contributed by atoms with E-state index < -0.39 is 5.97 Å². The van der Waals surface area contributed by atoms with Gasteiger partial charge < -0.3 is 10.2 Å². The lowest BCUT2D eigenvalue weighted by Crippen LogP contribution is -1.97. The number of phenolic OH excluding ortho intramolecular Hbond substituents is 1. The van der Waals surface area contributed by atoms with Gasteiger partial charge in [0.1, 0.15) is 16.5 Å². The van der Waals surface area contributed by atoms with Crippen LogP contribution in [0.4, 0.5) is 0 Å². The zero-order valence-electron chi connectivity index (χ0n) is 10.3. The molecule has 0 aliphatic rings. The summed E-state index contributed by atoms with van der Waals surface area (Å²) in [7, 11) is 0. The second kappa shape index (κ2) is 6.10. The number of thioether (sulfide) groups is 1. The van der Waals surface area contributed by atoms with Gasteiger partial charge in [-0.25, -0.2) is 9.78 Å². The summed E-state index contributed by atoms with van der Waals surface area (Å²) in [4.78, 5) is 15.4. The van der Waals surface area contributed by atoms with Crippen LogP contribution in [0.2, 0.25) is 0 Å². The van der Waals surface area contributed by atoms with E-state index in [0.717, 1.165) is 11.8 Å². The summed E-state index contributed by atoms with van der Waals surface area (Å²) >= 11 is 4.13. The molecule has 0 saturated carbocycles. The number of nitrogens with one attached hydrogen (secondary N) is 1. The van der Waals surface area contributed by atoms with Crippen LogP contribution in [0.25, 0.3) is 6.08 Å². The van der Waals surface area contributed by atoms with E-state index in [1.165, 1.54) is 12.1 Å². The number of aliphatic carboxylic acids is 1. The minimum Gasteiger partial charge on any atom is -0.507 e. The van der Waals surface area contributed by atoms with Crippen molar-refractivity contribution in [2.75, 3.05) is 0 Å². The lowest BCUT2D eigenvalue weighted by Gasteiger charge is -2.01. The number of hydrogen-bond acceptors (Lipinski definition) is 5. The molecule has 8 heteroatoms. The largest absolute Gasteiger partial charge is 0.507 e. The topological polar surface area (TPSA) is 99.1 Å². The Bertz CT molecular complexity index is 684. The maximum atomic E-state index is 11.3. The number of benzene rings is 1. The van der Waals surface area contributed by atoms with Crippen molar-refractivity contribution in [3.05, 3.63) is 39.0 Å². The molecule has 0 aliphatic carbocycles. The van der Waals surface area contributed by atoms with Gasteiger partial charge in [-0.1, -0.05) is 6.07 Å². The molecule has 0 fully saturated rings. The van der Waals surface area contributed by atoms with Crippen molar-refractivity contribution in [2.24, 2.45) is 0 Å². The highest BCUT2D eigenvalue weighted by Crippen LogP contribution is 2.29. The van der Waals surface area contributed by atoms with Crippen LogP contribution in [0.1, 0.15) is 11.4 Å². The van der Waals surface area contributed by atoms with Crippen LogP contribution < -0.4 is 0 Å². The van der Waals surface area contributed by atoms with Crippen molar-refractivity contribution in [1.82, 2.24) is 15.2 Å². The Morgan fingerprint density at radius 1 is 1.50 bits per heavy atom. The average Bonchev–Trinajstić information content (AvgIpc) is 2.78. The van der Waals surface area contributed by atoms with Crippen molar-refractivity contribution < 1.29 is 15.0 Å². The number of aromatic nitrogens is 3. The number of phenols is 1. The van der Waals surface area contributed by atoms with E-state index in [2.05, 4.69) is 31.1 Å². The van der Waals surface area contributed by atoms with Crippen molar-refractivity contribution >= 4 is 39.7 Å². The third-order valence-electron chi connectivity index (χ3n) is 2.26. The van der Waals surface area contributed by atoms with Gasteiger partial charge in [0.25, 0.3) is 0 Å². The number of rotatable bonds is 4. The quantitative estimate of drug-likeness (QED) is 0.576. The number of aryl methyl sites for hydroxylation is 1. The first kappa shape index (κ1) is 14.6. The lowest BCUT2D eigenvalue weighted by molar-refractivity contribution is -0.131. The molecule has 0 aliphatic heterocycles. The number of nitrogens with zero attached hydrogens (tertiary/aromatic N) is 2. The Labute approximate surface area is 127 Å². The predicted octanol–water partition coefficient (Wildman–Crippen LogP) is 2.80. The molecular weight excluding hydrogens is 346 g/mol. The molecule has 2 aromatic rings. The molecule has 20 heavy (non-hydrogen) atoms. The van der Waals surface area contributed by atoms with Gasteiger partial charge >= 0.3 is 5.97 Å². The van der Waals surface area contributed by atoms with Gasteiger partial charge in [0.05, 0.1) is 4.47 Å². The second-order valence-electron chi connectivity index (χ2n) is 3.83. The summed E-state index contributed by atoms with van der Waals surface area (Å²) in [6, 6.07) is 4.73. The first-order valence-corrected chi connectivity index (χ1v) is 7.07. The van der Waals surface area contributed by atoms with E-state index in [1.54, 1.807) is 19.1 Å². The van der Waals surface area contributed by atoms with Crippen LogP contribution in [-0.2, 0) is 4.79 Å². The van der Waals surface area contributed by atoms with Crippen LogP contribution in [0.5, 0.6) is 5.75 Å². The number of aromatic amines is 1. The zero-order valence-corrected chi connectivity index (χ0v) is 12.7. The molecule has 6 nitrogen and oxygen atoms in total. The summed E-state index contributed by atoms with van der Waals surface area (Å²) in [6.45, 7) is 1.73. The molecule has 0 spiro atoms. The van der Waals surface area contributed by atoms with Gasteiger partial charge in [0.2, 0.25) is 5.16 Å². The minimum absolute atomic E-state index is 0.0848. The highest BCUT2D eigenvalue weighted by atomic mass is 79.9. The molecule has 0 amide bonds. The van der Waals surface area contributed by atoms with Gasteiger partial charge in [0, 0.05) is 0 Å². The maximum Gasteiger partial charge on any atom is 0.342 e. The Kier molecular flexibility index (Phi) is 4.46. The molecule has 3 N–H and O–H groups in total. The van der Waals surface area contributed by atoms with Gasteiger partial charge in [0.15, 0.2) is 0 Å². The Morgan fingerprint density at radius 3 is 2.80 bits per heavy atom. The zero-order chi connectivity index (χ0) is 14.7. The lowest BCUT2D eigenvalue weighted by atomic mass is 10.2. The standard InChI is InChI=1S/C12H10BrN3O3S/c1-6-14-12(16-15-6)20-10(11(18)19)5-7-2-3-9(17)8(13)4-7/h2-5,17H,1H3,(H,18,19)(H,14,15,16)/b10-5-. The van der Waals surface area contributed by atoms with Gasteiger partial charge in [-0.15, -0.1) is 5.10 Å². The highest BCUT2D eigenvalue weighted by Gasteiger charge is 2.13.